The standard InChI is InChI=1S/C16H30O2/c1-5-8-10-11-13-16(4,12-9-6-2)14-18-15(17)7-3/h7H,3,5-6,8-14H2,1-2,4H3. The van der Waals surface area contributed by atoms with Gasteiger partial charge in [-0.25, -0.2) is 4.79 Å². The highest BCUT2D eigenvalue weighted by Gasteiger charge is 2.24. The van der Waals surface area contributed by atoms with Crippen molar-refractivity contribution in [1.29, 1.82) is 0 Å². The molecule has 0 aromatic carbocycles. The molecule has 1 unspecified atom stereocenters. The fraction of sp³-hybridized carbons (Fsp3) is 0.812. The van der Waals surface area contributed by atoms with Crippen molar-refractivity contribution < 1.29 is 9.53 Å². The van der Waals surface area contributed by atoms with Gasteiger partial charge in [0.15, 0.2) is 0 Å². The third-order valence-corrected chi connectivity index (χ3v) is 3.50. The van der Waals surface area contributed by atoms with Crippen LogP contribution in [0.2, 0.25) is 0 Å². The van der Waals surface area contributed by atoms with Crippen LogP contribution in [0.1, 0.15) is 72.1 Å². The largest absolute Gasteiger partial charge is 0.462 e. The summed E-state index contributed by atoms with van der Waals surface area (Å²) in [4.78, 5) is 11.2. The number of hydrogen-bond acceptors (Lipinski definition) is 2. The van der Waals surface area contributed by atoms with Gasteiger partial charge in [-0.1, -0.05) is 65.9 Å². The lowest BCUT2D eigenvalue weighted by molar-refractivity contribution is -0.141. The third kappa shape index (κ3) is 8.32. The predicted molar refractivity (Wildman–Crippen MR) is 77.5 cm³/mol. The van der Waals surface area contributed by atoms with Crippen LogP contribution in [-0.4, -0.2) is 12.6 Å². The molecule has 0 aliphatic rings. The van der Waals surface area contributed by atoms with Crippen LogP contribution in [0, 0.1) is 5.41 Å². The predicted octanol–water partition coefficient (Wildman–Crippen LogP) is 4.88. The lowest BCUT2D eigenvalue weighted by Gasteiger charge is -2.29. The molecule has 0 bridgehead atoms. The summed E-state index contributed by atoms with van der Waals surface area (Å²) in [5.74, 6) is -0.300. The first-order valence-electron chi connectivity index (χ1n) is 7.37. The van der Waals surface area contributed by atoms with E-state index in [1.807, 2.05) is 0 Å². The van der Waals surface area contributed by atoms with E-state index in [0.717, 1.165) is 12.8 Å². The second kappa shape index (κ2) is 10.2. The molecule has 0 radical (unpaired) electrons. The molecule has 2 heteroatoms. The molecular weight excluding hydrogens is 224 g/mol. The number of unbranched alkanes of at least 4 members (excludes halogenated alkanes) is 4. The highest BCUT2D eigenvalue weighted by Crippen LogP contribution is 2.31. The number of hydrogen-bond donors (Lipinski definition) is 0. The van der Waals surface area contributed by atoms with E-state index < -0.39 is 0 Å². The summed E-state index contributed by atoms with van der Waals surface area (Å²) in [6.45, 7) is 10.6. The summed E-state index contributed by atoms with van der Waals surface area (Å²) in [6.07, 6.45) is 11.0. The van der Waals surface area contributed by atoms with E-state index in [1.165, 1.54) is 44.6 Å². The summed E-state index contributed by atoms with van der Waals surface area (Å²) in [5, 5.41) is 0. The highest BCUT2D eigenvalue weighted by atomic mass is 16.5. The average molecular weight is 254 g/mol. The van der Waals surface area contributed by atoms with Crippen molar-refractivity contribution in [3.05, 3.63) is 12.7 Å². The molecule has 0 aromatic rings. The molecule has 0 N–H and O–H groups in total. The molecule has 0 aliphatic heterocycles. The Kier molecular flexibility index (Phi) is 9.72. The Bertz CT molecular complexity index is 235. The first-order valence-corrected chi connectivity index (χ1v) is 7.37. The number of rotatable bonds is 11. The third-order valence-electron chi connectivity index (χ3n) is 3.50. The zero-order valence-electron chi connectivity index (χ0n) is 12.5. The SMILES string of the molecule is C=CC(=O)OCC(C)(CCCC)CCCCCC. The molecular formula is C16H30O2. The Balaban J connectivity index is 4.14. The van der Waals surface area contributed by atoms with Gasteiger partial charge in [-0.2, -0.15) is 0 Å². The lowest BCUT2D eigenvalue weighted by Crippen LogP contribution is -2.25. The van der Waals surface area contributed by atoms with Crippen LogP contribution in [0.25, 0.3) is 0 Å². The van der Waals surface area contributed by atoms with E-state index >= 15 is 0 Å². The van der Waals surface area contributed by atoms with E-state index in [4.69, 9.17) is 4.74 Å². The normalized spacial score (nSPS) is 13.9. The minimum absolute atomic E-state index is 0.141. The minimum atomic E-state index is -0.300. The van der Waals surface area contributed by atoms with Crippen LogP contribution in [0.4, 0.5) is 0 Å². The molecule has 0 rings (SSSR count). The second-order valence-electron chi connectivity index (χ2n) is 5.54. The van der Waals surface area contributed by atoms with Crippen LogP contribution < -0.4 is 0 Å². The highest BCUT2D eigenvalue weighted by molar-refractivity contribution is 5.81. The van der Waals surface area contributed by atoms with E-state index in [-0.39, 0.29) is 11.4 Å². The molecule has 1 atom stereocenters. The summed E-state index contributed by atoms with van der Waals surface area (Å²) >= 11 is 0. The summed E-state index contributed by atoms with van der Waals surface area (Å²) < 4.78 is 5.25. The zero-order valence-corrected chi connectivity index (χ0v) is 12.5. The number of esters is 1. The van der Waals surface area contributed by atoms with Gasteiger partial charge in [0.1, 0.15) is 0 Å². The van der Waals surface area contributed by atoms with Crippen LogP contribution in [0.15, 0.2) is 12.7 Å². The van der Waals surface area contributed by atoms with Crippen molar-refractivity contribution in [3.63, 3.8) is 0 Å². The quantitative estimate of drug-likeness (QED) is 0.298. The summed E-state index contributed by atoms with van der Waals surface area (Å²) in [6, 6.07) is 0. The number of carbonyl (C=O) groups excluding carboxylic acids is 1. The average Bonchev–Trinajstić information content (AvgIpc) is 2.39. The van der Waals surface area contributed by atoms with E-state index in [1.54, 1.807) is 0 Å². The fourth-order valence-electron chi connectivity index (χ4n) is 2.16. The van der Waals surface area contributed by atoms with Crippen LogP contribution >= 0.6 is 0 Å². The van der Waals surface area contributed by atoms with Crippen LogP contribution in [0.5, 0.6) is 0 Å². The Morgan fingerprint density at radius 1 is 1.11 bits per heavy atom. The smallest absolute Gasteiger partial charge is 0.330 e. The molecule has 0 aliphatic carbocycles. The number of carbonyl (C=O) groups is 1. The van der Waals surface area contributed by atoms with Gasteiger partial charge in [-0.3, -0.25) is 0 Å². The minimum Gasteiger partial charge on any atom is -0.462 e. The van der Waals surface area contributed by atoms with Gasteiger partial charge in [0.25, 0.3) is 0 Å². The summed E-state index contributed by atoms with van der Waals surface area (Å²) in [5.41, 5.74) is 0.141. The fourth-order valence-corrected chi connectivity index (χ4v) is 2.16. The Morgan fingerprint density at radius 3 is 2.28 bits per heavy atom. The maximum absolute atomic E-state index is 11.2. The van der Waals surface area contributed by atoms with Gasteiger partial charge in [0, 0.05) is 11.5 Å². The topological polar surface area (TPSA) is 26.3 Å². The molecule has 0 amide bonds. The summed E-state index contributed by atoms with van der Waals surface area (Å²) in [7, 11) is 0. The van der Waals surface area contributed by atoms with Crippen LogP contribution in [-0.2, 0) is 9.53 Å². The Morgan fingerprint density at radius 2 is 1.72 bits per heavy atom. The molecule has 106 valence electrons. The van der Waals surface area contributed by atoms with Crippen molar-refractivity contribution in [3.8, 4) is 0 Å². The van der Waals surface area contributed by atoms with Gasteiger partial charge < -0.3 is 4.74 Å². The Hall–Kier alpha value is -0.790. The molecule has 0 spiro atoms. The number of ether oxygens (including phenoxy) is 1. The maximum Gasteiger partial charge on any atom is 0.330 e. The van der Waals surface area contributed by atoms with E-state index in [0.29, 0.717) is 6.61 Å². The van der Waals surface area contributed by atoms with Gasteiger partial charge >= 0.3 is 5.97 Å². The van der Waals surface area contributed by atoms with Crippen LogP contribution in [0.3, 0.4) is 0 Å². The molecule has 2 nitrogen and oxygen atoms in total. The first-order chi connectivity index (χ1) is 8.58. The zero-order chi connectivity index (χ0) is 13.9. The second-order valence-corrected chi connectivity index (χ2v) is 5.54. The van der Waals surface area contributed by atoms with Crippen molar-refractivity contribution >= 4 is 5.97 Å². The van der Waals surface area contributed by atoms with Crippen molar-refractivity contribution in [2.75, 3.05) is 6.61 Å². The van der Waals surface area contributed by atoms with Gasteiger partial charge in [-0.15, -0.1) is 0 Å². The van der Waals surface area contributed by atoms with Gasteiger partial charge in [0.2, 0.25) is 0 Å². The maximum atomic E-state index is 11.2. The van der Waals surface area contributed by atoms with E-state index in [9.17, 15) is 4.79 Å². The molecule has 0 saturated heterocycles. The lowest BCUT2D eigenvalue weighted by atomic mass is 9.80. The molecule has 18 heavy (non-hydrogen) atoms. The van der Waals surface area contributed by atoms with Crippen molar-refractivity contribution in [2.24, 2.45) is 5.41 Å². The van der Waals surface area contributed by atoms with Crippen molar-refractivity contribution in [2.45, 2.75) is 72.1 Å². The Labute approximate surface area is 113 Å². The van der Waals surface area contributed by atoms with Crippen molar-refractivity contribution in [1.82, 2.24) is 0 Å². The monoisotopic (exact) mass is 254 g/mol. The molecule has 0 aromatic heterocycles. The first kappa shape index (κ1) is 17.2. The van der Waals surface area contributed by atoms with Gasteiger partial charge in [-0.05, 0) is 12.8 Å². The molecule has 0 saturated carbocycles. The van der Waals surface area contributed by atoms with E-state index in [2.05, 4.69) is 27.4 Å². The van der Waals surface area contributed by atoms with Gasteiger partial charge in [0.05, 0.1) is 6.61 Å². The molecule has 0 heterocycles. The molecule has 0 fully saturated rings.